The fourth-order valence-corrected chi connectivity index (χ4v) is 4.65. The van der Waals surface area contributed by atoms with Gasteiger partial charge in [-0.15, -0.1) is 0 Å². The summed E-state index contributed by atoms with van der Waals surface area (Å²) in [6.45, 7) is 3.34. The van der Waals surface area contributed by atoms with Crippen molar-refractivity contribution in [2.75, 3.05) is 18.5 Å². The van der Waals surface area contributed by atoms with Gasteiger partial charge in [0.25, 0.3) is 0 Å². The van der Waals surface area contributed by atoms with Crippen LogP contribution in [0.25, 0.3) is 10.9 Å². The molecule has 0 atom stereocenters. The van der Waals surface area contributed by atoms with Crippen LogP contribution in [0.5, 0.6) is 0 Å². The lowest BCUT2D eigenvalue weighted by atomic mass is 9.58. The van der Waals surface area contributed by atoms with E-state index in [-0.39, 0.29) is 11.2 Å². The highest BCUT2D eigenvalue weighted by atomic mass is 79.9. The number of aromatic nitrogens is 1. The predicted molar refractivity (Wildman–Crippen MR) is 87.4 cm³/mol. The smallest absolute Gasteiger partial charge is 0.139 e. The van der Waals surface area contributed by atoms with Gasteiger partial charge in [-0.3, -0.25) is 4.98 Å². The van der Waals surface area contributed by atoms with Crippen LogP contribution >= 0.6 is 15.9 Å². The summed E-state index contributed by atoms with van der Waals surface area (Å²) in [5.41, 5.74) is 3.63. The number of hydrogen-bond donors (Lipinski definition) is 0. The lowest BCUT2D eigenvalue weighted by Crippen LogP contribution is -2.44. The number of hydrogen-bond acceptors (Lipinski definition) is 2. The molecule has 2 aliphatic rings. The molecule has 4 heteroatoms. The summed E-state index contributed by atoms with van der Waals surface area (Å²) in [6, 6.07) is 3.46. The minimum absolute atomic E-state index is 0.240. The third-order valence-corrected chi connectivity index (χ3v) is 5.92. The Kier molecular flexibility index (Phi) is 2.84. The third-order valence-electron chi connectivity index (χ3n) is 5.31. The molecule has 1 fully saturated rings. The second-order valence-corrected chi connectivity index (χ2v) is 7.48. The number of anilines is 1. The maximum atomic E-state index is 13.8. The summed E-state index contributed by atoms with van der Waals surface area (Å²) in [7, 11) is 2.14. The molecule has 0 radical (unpaired) electrons. The van der Waals surface area contributed by atoms with E-state index >= 15 is 0 Å². The Hall–Kier alpha value is -1.16. The van der Waals surface area contributed by atoms with Gasteiger partial charge in [0.15, 0.2) is 0 Å². The molecule has 2 heterocycles. The van der Waals surface area contributed by atoms with E-state index in [2.05, 4.69) is 39.8 Å². The zero-order chi connectivity index (χ0) is 14.8. The average Bonchev–Trinajstić information content (AvgIpc) is 2.72. The van der Waals surface area contributed by atoms with Gasteiger partial charge in [-0.25, -0.2) is 4.39 Å². The number of halogens is 2. The summed E-state index contributed by atoms with van der Waals surface area (Å²) < 4.78 is 14.3. The van der Waals surface area contributed by atoms with Crippen LogP contribution in [-0.2, 0) is 5.41 Å². The normalized spacial score (nSPS) is 27.2. The van der Waals surface area contributed by atoms with Gasteiger partial charge >= 0.3 is 0 Å². The van der Waals surface area contributed by atoms with E-state index in [1.54, 1.807) is 6.07 Å². The topological polar surface area (TPSA) is 16.1 Å². The Morgan fingerprint density at radius 1 is 1.43 bits per heavy atom. The molecule has 2 aromatic rings. The fraction of sp³-hybridized carbons (Fsp3) is 0.471. The fourth-order valence-electron chi connectivity index (χ4n) is 4.31. The lowest BCUT2D eigenvalue weighted by Gasteiger charge is -2.46. The molecule has 2 nitrogen and oxygen atoms in total. The molecule has 1 aromatic carbocycles. The van der Waals surface area contributed by atoms with E-state index in [1.165, 1.54) is 30.5 Å². The molecule has 0 amide bonds. The molecule has 4 rings (SSSR count). The summed E-state index contributed by atoms with van der Waals surface area (Å²) >= 11 is 3.33. The first-order chi connectivity index (χ1) is 10.0. The number of rotatable bonds is 1. The summed E-state index contributed by atoms with van der Waals surface area (Å²) in [5.74, 6) is 0.590. The maximum absolute atomic E-state index is 13.8. The van der Waals surface area contributed by atoms with Gasteiger partial charge in [0.2, 0.25) is 0 Å². The van der Waals surface area contributed by atoms with E-state index in [4.69, 9.17) is 0 Å². The Labute approximate surface area is 132 Å². The quantitative estimate of drug-likeness (QED) is 0.745. The molecular formula is C17H18BrFN2. The van der Waals surface area contributed by atoms with Gasteiger partial charge in [-0.1, -0.05) is 13.3 Å². The zero-order valence-electron chi connectivity index (χ0n) is 12.3. The first kappa shape index (κ1) is 13.5. The van der Waals surface area contributed by atoms with E-state index in [1.807, 2.05) is 12.3 Å². The van der Waals surface area contributed by atoms with Gasteiger partial charge < -0.3 is 4.90 Å². The van der Waals surface area contributed by atoms with Crippen molar-refractivity contribution >= 4 is 32.5 Å². The van der Waals surface area contributed by atoms with Crippen LogP contribution in [0.3, 0.4) is 0 Å². The Bertz CT molecular complexity index is 737. The van der Waals surface area contributed by atoms with E-state index in [0.29, 0.717) is 4.47 Å². The highest BCUT2D eigenvalue weighted by Crippen LogP contribution is 2.57. The first-order valence-corrected chi connectivity index (χ1v) is 8.33. The molecule has 1 aliphatic heterocycles. The van der Waals surface area contributed by atoms with Crippen LogP contribution in [0.15, 0.2) is 22.8 Å². The highest BCUT2D eigenvalue weighted by Gasteiger charge is 2.51. The van der Waals surface area contributed by atoms with Crippen molar-refractivity contribution in [1.29, 1.82) is 0 Å². The van der Waals surface area contributed by atoms with E-state index < -0.39 is 0 Å². The van der Waals surface area contributed by atoms with E-state index in [9.17, 15) is 4.39 Å². The molecule has 1 aromatic heterocycles. The molecule has 0 N–H and O–H groups in total. The number of benzene rings is 1. The molecular weight excluding hydrogens is 331 g/mol. The van der Waals surface area contributed by atoms with E-state index in [0.717, 1.165) is 23.4 Å². The van der Waals surface area contributed by atoms with Gasteiger partial charge in [-0.05, 0) is 46.3 Å². The predicted octanol–water partition coefficient (Wildman–Crippen LogP) is 4.64. The monoisotopic (exact) mass is 348 g/mol. The van der Waals surface area contributed by atoms with Gasteiger partial charge in [-0.2, -0.15) is 0 Å². The molecule has 110 valence electrons. The zero-order valence-corrected chi connectivity index (χ0v) is 13.9. The van der Waals surface area contributed by atoms with Gasteiger partial charge in [0, 0.05) is 30.5 Å². The van der Waals surface area contributed by atoms with Crippen LogP contribution in [0.1, 0.15) is 31.7 Å². The Morgan fingerprint density at radius 3 is 2.90 bits per heavy atom. The minimum atomic E-state index is -0.240. The Balaban J connectivity index is 1.95. The van der Waals surface area contributed by atoms with Crippen LogP contribution in [0.2, 0.25) is 0 Å². The second-order valence-electron chi connectivity index (χ2n) is 6.62. The van der Waals surface area contributed by atoms with Crippen LogP contribution in [-0.4, -0.2) is 18.6 Å². The summed E-state index contributed by atoms with van der Waals surface area (Å²) in [4.78, 5) is 6.78. The molecule has 21 heavy (non-hydrogen) atoms. The Morgan fingerprint density at radius 2 is 2.19 bits per heavy atom. The van der Waals surface area contributed by atoms with Crippen LogP contribution < -0.4 is 4.90 Å². The molecule has 0 bridgehead atoms. The van der Waals surface area contributed by atoms with Crippen LogP contribution in [0.4, 0.5) is 10.1 Å². The van der Waals surface area contributed by atoms with Crippen LogP contribution in [0, 0.1) is 11.7 Å². The standard InChI is InChI=1S/C17H18BrFN2/c1-3-10-6-17(7-10)9-21(2)15-8-20-14-5-13(19)12(18)4-11(14)16(15)17/h4-5,8,10H,3,6-7,9H2,1-2H3. The molecule has 0 unspecified atom stereocenters. The van der Waals surface area contributed by atoms with Crippen molar-refractivity contribution in [3.8, 4) is 0 Å². The van der Waals surface area contributed by atoms with Crippen molar-refractivity contribution < 1.29 is 4.39 Å². The van der Waals surface area contributed by atoms with Crippen molar-refractivity contribution in [2.24, 2.45) is 5.92 Å². The number of nitrogens with zero attached hydrogens (tertiary/aromatic N) is 2. The molecule has 1 spiro atoms. The summed E-state index contributed by atoms with van der Waals surface area (Å²) in [5, 5.41) is 1.11. The number of pyridine rings is 1. The highest BCUT2D eigenvalue weighted by molar-refractivity contribution is 9.10. The summed E-state index contributed by atoms with van der Waals surface area (Å²) in [6.07, 6.45) is 5.66. The third kappa shape index (κ3) is 1.78. The SMILES string of the molecule is CCC1CC2(C1)CN(C)c1cnc3cc(F)c(Br)cc3c12. The van der Waals surface area contributed by atoms with Crippen molar-refractivity contribution in [3.63, 3.8) is 0 Å². The molecule has 0 saturated heterocycles. The van der Waals surface area contributed by atoms with Crippen molar-refractivity contribution in [2.45, 2.75) is 31.6 Å². The molecule has 1 aliphatic carbocycles. The van der Waals surface area contributed by atoms with Crippen molar-refractivity contribution in [1.82, 2.24) is 4.98 Å². The maximum Gasteiger partial charge on any atom is 0.139 e. The average molecular weight is 349 g/mol. The molecule has 1 saturated carbocycles. The second kappa shape index (κ2) is 4.42. The largest absolute Gasteiger partial charge is 0.372 e. The first-order valence-electron chi connectivity index (χ1n) is 7.53. The van der Waals surface area contributed by atoms with Gasteiger partial charge in [0.1, 0.15) is 5.82 Å². The number of fused-ring (bicyclic) bond motifs is 4. The van der Waals surface area contributed by atoms with Gasteiger partial charge in [0.05, 0.1) is 21.9 Å². The number of likely N-dealkylation sites (N-methyl/N-ethyl adjacent to an activating group) is 1. The lowest BCUT2D eigenvalue weighted by molar-refractivity contribution is 0.154. The minimum Gasteiger partial charge on any atom is -0.372 e. The van der Waals surface area contributed by atoms with Crippen molar-refractivity contribution in [3.05, 3.63) is 34.2 Å².